The first-order valence-corrected chi connectivity index (χ1v) is 5.09. The van der Waals surface area contributed by atoms with E-state index in [1.54, 1.807) is 7.05 Å². The van der Waals surface area contributed by atoms with E-state index in [1.807, 2.05) is 0 Å². The second kappa shape index (κ2) is 4.02. The van der Waals surface area contributed by atoms with Crippen LogP contribution >= 0.6 is 0 Å². The summed E-state index contributed by atoms with van der Waals surface area (Å²) in [6.45, 7) is 1.42. The molecule has 0 aromatic heterocycles. The van der Waals surface area contributed by atoms with Gasteiger partial charge in [0.25, 0.3) is 10.9 Å². The molecule has 5 nitrogen and oxygen atoms in total. The Hall–Kier alpha value is -1.36. The molecule has 0 radical (unpaired) electrons. The van der Waals surface area contributed by atoms with Gasteiger partial charge in [-0.15, -0.1) is 0 Å². The summed E-state index contributed by atoms with van der Waals surface area (Å²) in [5.41, 5.74) is 0.0128. The highest BCUT2D eigenvalue weighted by Crippen LogP contribution is 2.18. The highest BCUT2D eigenvalue weighted by Gasteiger charge is 2.23. The highest BCUT2D eigenvalue weighted by molar-refractivity contribution is 5.73. The van der Waals surface area contributed by atoms with Crippen LogP contribution in [0.25, 0.3) is 0 Å². The van der Waals surface area contributed by atoms with Crippen molar-refractivity contribution in [2.75, 3.05) is 30.9 Å². The van der Waals surface area contributed by atoms with Crippen LogP contribution in [0, 0.1) is 0 Å². The molecule has 2 N–H and O–H groups in total. The first-order chi connectivity index (χ1) is 7.24. The quantitative estimate of drug-likeness (QED) is 0.683. The van der Waals surface area contributed by atoms with Crippen molar-refractivity contribution in [1.29, 1.82) is 0 Å². The van der Waals surface area contributed by atoms with Crippen LogP contribution in [0.3, 0.4) is 0 Å². The van der Waals surface area contributed by atoms with Gasteiger partial charge in [-0.2, -0.15) is 0 Å². The Morgan fingerprint density at radius 3 is 2.33 bits per heavy atom. The van der Waals surface area contributed by atoms with Gasteiger partial charge in [-0.1, -0.05) is 0 Å². The third kappa shape index (κ3) is 1.74. The van der Waals surface area contributed by atoms with E-state index in [1.165, 1.54) is 0 Å². The molecule has 0 spiro atoms. The fourth-order valence-electron chi connectivity index (χ4n) is 1.81. The van der Waals surface area contributed by atoms with Crippen LogP contribution in [0.2, 0.25) is 0 Å². The predicted molar refractivity (Wildman–Crippen MR) is 58.4 cm³/mol. The molecule has 15 heavy (non-hydrogen) atoms. The van der Waals surface area contributed by atoms with E-state index in [-0.39, 0.29) is 6.04 Å². The molecule has 1 fully saturated rings. The molecule has 2 rings (SSSR count). The minimum atomic E-state index is -0.424. The summed E-state index contributed by atoms with van der Waals surface area (Å²) >= 11 is 0. The summed E-state index contributed by atoms with van der Waals surface area (Å²) in [4.78, 5) is 22.4. The fraction of sp³-hybridized carbons (Fsp3) is 0.600. The third-order valence-corrected chi connectivity index (χ3v) is 2.73. The van der Waals surface area contributed by atoms with Gasteiger partial charge < -0.3 is 15.4 Å². The monoisotopic (exact) mass is 210 g/mol. The van der Waals surface area contributed by atoms with Crippen LogP contribution in [-0.4, -0.2) is 26.3 Å². The van der Waals surface area contributed by atoms with E-state index < -0.39 is 10.9 Å². The molecule has 1 aliphatic rings. The van der Waals surface area contributed by atoms with Crippen molar-refractivity contribution in [3.63, 3.8) is 0 Å². The molecular formula is C10H14N2O3. The molecule has 0 aliphatic carbocycles. The molecule has 0 bridgehead atoms. The van der Waals surface area contributed by atoms with Gasteiger partial charge >= 0.3 is 0 Å². The van der Waals surface area contributed by atoms with E-state index in [0.717, 1.165) is 12.8 Å². The van der Waals surface area contributed by atoms with Gasteiger partial charge in [0.1, 0.15) is 11.4 Å². The molecule has 82 valence electrons. The Labute approximate surface area is 87.1 Å². The van der Waals surface area contributed by atoms with Crippen LogP contribution in [0.15, 0.2) is 9.59 Å². The molecule has 1 aromatic rings. The van der Waals surface area contributed by atoms with Gasteiger partial charge in [-0.05, 0) is 12.8 Å². The molecule has 1 heterocycles. The lowest BCUT2D eigenvalue weighted by atomic mass is 10.1. The predicted octanol–water partition coefficient (Wildman–Crippen LogP) is -0.0848. The molecule has 0 amide bonds. The van der Waals surface area contributed by atoms with Crippen molar-refractivity contribution in [3.8, 4) is 0 Å². The van der Waals surface area contributed by atoms with Crippen molar-refractivity contribution >= 4 is 11.4 Å². The van der Waals surface area contributed by atoms with Crippen molar-refractivity contribution in [1.82, 2.24) is 0 Å². The third-order valence-electron chi connectivity index (χ3n) is 2.73. The summed E-state index contributed by atoms with van der Waals surface area (Å²) < 4.78 is 5.21. The average Bonchev–Trinajstić information content (AvgIpc) is 2.29. The zero-order valence-electron chi connectivity index (χ0n) is 8.63. The van der Waals surface area contributed by atoms with Gasteiger partial charge in [0.05, 0.1) is 0 Å². The summed E-state index contributed by atoms with van der Waals surface area (Å²) in [6, 6.07) is 0.245. The molecule has 0 unspecified atom stereocenters. The summed E-state index contributed by atoms with van der Waals surface area (Å²) in [6.07, 6.45) is 1.75. The number of hydrogen-bond acceptors (Lipinski definition) is 5. The van der Waals surface area contributed by atoms with Crippen LogP contribution < -0.4 is 21.5 Å². The molecule has 1 saturated heterocycles. The second-order valence-corrected chi connectivity index (χ2v) is 3.69. The maximum Gasteiger partial charge on any atom is 0.253 e. The Kier molecular flexibility index (Phi) is 2.73. The fourth-order valence-corrected chi connectivity index (χ4v) is 1.81. The smallest absolute Gasteiger partial charge is 0.253 e. The maximum atomic E-state index is 11.3. The molecular weight excluding hydrogens is 196 g/mol. The van der Waals surface area contributed by atoms with Crippen LogP contribution in [-0.2, 0) is 4.74 Å². The number of rotatable bonds is 3. The Balaban J connectivity index is 2.07. The van der Waals surface area contributed by atoms with Crippen molar-refractivity contribution in [3.05, 3.63) is 20.4 Å². The first kappa shape index (κ1) is 10.2. The van der Waals surface area contributed by atoms with Gasteiger partial charge in [0.2, 0.25) is 0 Å². The number of ether oxygens (including phenoxy) is 1. The van der Waals surface area contributed by atoms with Crippen LogP contribution in [0.4, 0.5) is 11.4 Å². The zero-order chi connectivity index (χ0) is 10.8. The van der Waals surface area contributed by atoms with Gasteiger partial charge in [0.15, 0.2) is 0 Å². The summed E-state index contributed by atoms with van der Waals surface area (Å²) in [5, 5.41) is 5.84. The lowest BCUT2D eigenvalue weighted by molar-refractivity contribution is 0.0904. The second-order valence-electron chi connectivity index (χ2n) is 3.69. The van der Waals surface area contributed by atoms with Gasteiger partial charge in [-0.3, -0.25) is 9.59 Å². The minimum Gasteiger partial charge on any atom is -0.383 e. The van der Waals surface area contributed by atoms with E-state index in [0.29, 0.717) is 24.6 Å². The summed E-state index contributed by atoms with van der Waals surface area (Å²) in [5.74, 6) is 0. The topological polar surface area (TPSA) is 67.4 Å². The Bertz CT molecular complexity index is 414. The molecule has 1 aromatic carbocycles. The number of hydrogen-bond donors (Lipinski definition) is 2. The minimum absolute atomic E-state index is 0.245. The van der Waals surface area contributed by atoms with E-state index in [2.05, 4.69) is 10.6 Å². The SMILES string of the molecule is CNc1c(NC2CCOCC2)c(=O)c1=O. The largest absolute Gasteiger partial charge is 0.383 e. The zero-order valence-corrected chi connectivity index (χ0v) is 8.63. The first-order valence-electron chi connectivity index (χ1n) is 5.09. The molecule has 5 heteroatoms. The Morgan fingerprint density at radius 2 is 1.73 bits per heavy atom. The van der Waals surface area contributed by atoms with E-state index >= 15 is 0 Å². The van der Waals surface area contributed by atoms with Crippen molar-refractivity contribution < 1.29 is 4.74 Å². The Morgan fingerprint density at radius 1 is 1.13 bits per heavy atom. The van der Waals surface area contributed by atoms with E-state index in [9.17, 15) is 9.59 Å². The van der Waals surface area contributed by atoms with Crippen molar-refractivity contribution in [2.45, 2.75) is 18.9 Å². The lowest BCUT2D eigenvalue weighted by Crippen LogP contribution is -2.40. The average molecular weight is 210 g/mol. The maximum absolute atomic E-state index is 11.3. The summed E-state index contributed by atoms with van der Waals surface area (Å²) in [7, 11) is 1.64. The lowest BCUT2D eigenvalue weighted by Gasteiger charge is -2.25. The number of nitrogens with one attached hydrogen (secondary N) is 2. The van der Waals surface area contributed by atoms with Crippen LogP contribution in [0.1, 0.15) is 12.8 Å². The molecule has 0 saturated carbocycles. The van der Waals surface area contributed by atoms with Gasteiger partial charge in [-0.25, -0.2) is 0 Å². The molecule has 1 aliphatic heterocycles. The normalized spacial score (nSPS) is 17.9. The molecule has 0 atom stereocenters. The van der Waals surface area contributed by atoms with Crippen LogP contribution in [0.5, 0.6) is 0 Å². The number of anilines is 2. The van der Waals surface area contributed by atoms with Gasteiger partial charge in [0, 0.05) is 26.3 Å². The van der Waals surface area contributed by atoms with E-state index in [4.69, 9.17) is 4.74 Å². The van der Waals surface area contributed by atoms with Crippen molar-refractivity contribution in [2.24, 2.45) is 0 Å². The highest BCUT2D eigenvalue weighted by atomic mass is 16.5. The standard InChI is InChI=1S/C10H14N2O3/c1-11-7-8(10(14)9(7)13)12-6-2-4-15-5-3-6/h6,11-12H,2-5H2,1H3.